The molecule has 0 fully saturated rings. The van der Waals surface area contributed by atoms with E-state index in [0.29, 0.717) is 11.4 Å². The third-order valence-electron chi connectivity index (χ3n) is 3.60. The van der Waals surface area contributed by atoms with Crippen LogP contribution in [0.4, 0.5) is 5.69 Å². The number of esters is 1. The van der Waals surface area contributed by atoms with Crippen LogP contribution in [0.2, 0.25) is 5.02 Å². The van der Waals surface area contributed by atoms with E-state index >= 15 is 0 Å². The van der Waals surface area contributed by atoms with Crippen LogP contribution in [-0.2, 0) is 19.4 Å². The Labute approximate surface area is 162 Å². The van der Waals surface area contributed by atoms with E-state index in [-0.39, 0.29) is 15.5 Å². The Morgan fingerprint density at radius 3 is 2.30 bits per heavy atom. The smallest absolute Gasteiger partial charge is 0.340 e. The molecule has 1 N–H and O–H groups in total. The molecule has 0 saturated heterocycles. The maximum absolute atomic E-state index is 12.3. The molecule has 27 heavy (non-hydrogen) atoms. The fraction of sp³-hybridized carbons (Fsp3) is 0.222. The van der Waals surface area contributed by atoms with Crippen LogP contribution in [0.25, 0.3) is 0 Å². The van der Waals surface area contributed by atoms with Crippen molar-refractivity contribution < 1.29 is 27.5 Å². The normalized spacial score (nSPS) is 12.1. The molecule has 0 heterocycles. The van der Waals surface area contributed by atoms with Gasteiger partial charge in [0.05, 0.1) is 22.6 Å². The van der Waals surface area contributed by atoms with Crippen LogP contribution in [0, 0.1) is 0 Å². The Kier molecular flexibility index (Phi) is 6.45. The van der Waals surface area contributed by atoms with Gasteiger partial charge in [-0.15, -0.1) is 0 Å². The molecular formula is C18H18ClNO6S. The minimum Gasteiger partial charge on any atom is -0.497 e. The molecule has 0 unspecified atom stereocenters. The number of halogens is 1. The summed E-state index contributed by atoms with van der Waals surface area (Å²) in [6.07, 6.45) is -0.117. The Bertz CT molecular complexity index is 956. The monoisotopic (exact) mass is 411 g/mol. The first-order valence-electron chi connectivity index (χ1n) is 7.77. The van der Waals surface area contributed by atoms with Crippen LogP contribution in [0.3, 0.4) is 0 Å². The number of anilines is 1. The minimum absolute atomic E-state index is 0.0233. The SMILES string of the molecule is COc1ccc(NC(=O)[C@@H](C)OC(=O)c2cc(S(C)(=O)=O)ccc2Cl)cc1. The van der Waals surface area contributed by atoms with E-state index in [9.17, 15) is 18.0 Å². The van der Waals surface area contributed by atoms with Crippen molar-refractivity contribution >= 4 is 39.0 Å². The number of ether oxygens (including phenoxy) is 2. The summed E-state index contributed by atoms with van der Waals surface area (Å²) in [5, 5.41) is 2.62. The van der Waals surface area contributed by atoms with E-state index in [1.807, 2.05) is 0 Å². The molecule has 0 aliphatic rings. The Hall–Kier alpha value is -2.58. The van der Waals surface area contributed by atoms with Gasteiger partial charge in [-0.05, 0) is 49.4 Å². The topological polar surface area (TPSA) is 98.8 Å². The van der Waals surface area contributed by atoms with Gasteiger partial charge >= 0.3 is 5.97 Å². The van der Waals surface area contributed by atoms with Gasteiger partial charge in [-0.25, -0.2) is 13.2 Å². The van der Waals surface area contributed by atoms with Crippen LogP contribution in [-0.4, -0.2) is 39.8 Å². The highest BCUT2D eigenvalue weighted by molar-refractivity contribution is 7.90. The molecule has 1 amide bonds. The lowest BCUT2D eigenvalue weighted by molar-refractivity contribution is -0.123. The first-order valence-corrected chi connectivity index (χ1v) is 10.0. The molecule has 7 nitrogen and oxygen atoms in total. The van der Waals surface area contributed by atoms with Crippen LogP contribution < -0.4 is 10.1 Å². The number of benzene rings is 2. The summed E-state index contributed by atoms with van der Waals surface area (Å²) in [4.78, 5) is 24.4. The van der Waals surface area contributed by atoms with Gasteiger partial charge in [0, 0.05) is 11.9 Å². The van der Waals surface area contributed by atoms with Gasteiger partial charge in [0.1, 0.15) is 5.75 Å². The first kappa shape index (κ1) is 20.7. The maximum Gasteiger partial charge on any atom is 0.340 e. The van der Waals surface area contributed by atoms with Gasteiger partial charge in [0.25, 0.3) is 5.91 Å². The lowest BCUT2D eigenvalue weighted by Crippen LogP contribution is -2.30. The summed E-state index contributed by atoms with van der Waals surface area (Å²) in [7, 11) is -2.00. The van der Waals surface area contributed by atoms with E-state index in [0.717, 1.165) is 12.3 Å². The Balaban J connectivity index is 2.09. The molecule has 0 radical (unpaired) electrons. The molecule has 2 rings (SSSR count). The van der Waals surface area contributed by atoms with E-state index in [4.69, 9.17) is 21.1 Å². The molecule has 0 spiro atoms. The van der Waals surface area contributed by atoms with Crippen molar-refractivity contribution in [1.82, 2.24) is 0 Å². The average Bonchev–Trinajstić information content (AvgIpc) is 2.61. The molecule has 2 aromatic rings. The van der Waals surface area contributed by atoms with Crippen LogP contribution in [0.5, 0.6) is 5.75 Å². The molecule has 0 aliphatic heterocycles. The minimum atomic E-state index is -3.52. The zero-order valence-corrected chi connectivity index (χ0v) is 16.4. The number of carbonyl (C=O) groups is 2. The molecule has 2 aromatic carbocycles. The fourth-order valence-electron chi connectivity index (χ4n) is 2.09. The van der Waals surface area contributed by atoms with Gasteiger partial charge < -0.3 is 14.8 Å². The fourth-order valence-corrected chi connectivity index (χ4v) is 2.93. The second kappa shape index (κ2) is 8.41. The highest BCUT2D eigenvalue weighted by Crippen LogP contribution is 2.22. The van der Waals surface area contributed by atoms with Crippen LogP contribution in [0.1, 0.15) is 17.3 Å². The predicted molar refractivity (Wildman–Crippen MR) is 101 cm³/mol. The summed E-state index contributed by atoms with van der Waals surface area (Å²) in [5.41, 5.74) is 0.365. The van der Waals surface area contributed by atoms with Gasteiger partial charge in [0.15, 0.2) is 15.9 Å². The van der Waals surface area contributed by atoms with Gasteiger partial charge in [-0.3, -0.25) is 4.79 Å². The van der Waals surface area contributed by atoms with E-state index in [1.54, 1.807) is 24.3 Å². The summed E-state index contributed by atoms with van der Waals surface area (Å²) < 4.78 is 33.4. The van der Waals surface area contributed by atoms with Gasteiger partial charge in [-0.2, -0.15) is 0 Å². The van der Waals surface area contributed by atoms with Crippen molar-refractivity contribution in [1.29, 1.82) is 0 Å². The number of hydrogen-bond donors (Lipinski definition) is 1. The number of methoxy groups -OCH3 is 1. The van der Waals surface area contributed by atoms with Gasteiger partial charge in [-0.1, -0.05) is 11.6 Å². The standard InChI is InChI=1S/C18H18ClNO6S/c1-11(17(21)20-12-4-6-13(25-2)7-5-12)26-18(22)15-10-14(27(3,23)24)8-9-16(15)19/h4-11H,1-3H3,(H,20,21)/t11-/m1/s1. The molecular weight excluding hydrogens is 394 g/mol. The summed E-state index contributed by atoms with van der Waals surface area (Å²) in [6, 6.07) is 10.3. The Morgan fingerprint density at radius 2 is 1.74 bits per heavy atom. The number of rotatable bonds is 6. The molecule has 1 atom stereocenters. The molecule has 0 aliphatic carbocycles. The van der Waals surface area contributed by atoms with E-state index in [1.165, 1.54) is 26.2 Å². The molecule has 9 heteroatoms. The predicted octanol–water partition coefficient (Wildman–Crippen LogP) is 2.94. The van der Waals surface area contributed by atoms with Crippen LogP contribution >= 0.6 is 11.6 Å². The van der Waals surface area contributed by atoms with Crippen molar-refractivity contribution in [3.8, 4) is 5.75 Å². The highest BCUT2D eigenvalue weighted by Gasteiger charge is 2.22. The zero-order chi connectivity index (χ0) is 20.2. The summed E-state index contributed by atoms with van der Waals surface area (Å²) in [6.45, 7) is 1.39. The van der Waals surface area contributed by atoms with Gasteiger partial charge in [0.2, 0.25) is 0 Å². The molecule has 0 bridgehead atoms. The number of nitrogens with one attached hydrogen (secondary N) is 1. The second-order valence-electron chi connectivity index (χ2n) is 5.68. The summed E-state index contributed by atoms with van der Waals surface area (Å²) in [5.74, 6) is -0.820. The highest BCUT2D eigenvalue weighted by atomic mass is 35.5. The Morgan fingerprint density at radius 1 is 1.11 bits per heavy atom. The van der Waals surface area contributed by atoms with E-state index in [2.05, 4.69) is 5.32 Å². The maximum atomic E-state index is 12.3. The average molecular weight is 412 g/mol. The zero-order valence-electron chi connectivity index (χ0n) is 14.9. The second-order valence-corrected chi connectivity index (χ2v) is 8.10. The molecule has 0 aromatic heterocycles. The number of carbonyl (C=O) groups excluding carboxylic acids is 2. The van der Waals surface area contributed by atoms with E-state index < -0.39 is 27.8 Å². The van der Waals surface area contributed by atoms with Crippen molar-refractivity contribution in [2.75, 3.05) is 18.7 Å². The third-order valence-corrected chi connectivity index (χ3v) is 5.04. The lowest BCUT2D eigenvalue weighted by atomic mass is 10.2. The lowest BCUT2D eigenvalue weighted by Gasteiger charge is -2.14. The third kappa shape index (κ3) is 5.45. The van der Waals surface area contributed by atoms with Crippen LogP contribution in [0.15, 0.2) is 47.4 Å². The van der Waals surface area contributed by atoms with Crippen molar-refractivity contribution in [3.63, 3.8) is 0 Å². The summed E-state index contributed by atoms with van der Waals surface area (Å²) >= 11 is 5.95. The quantitative estimate of drug-likeness (QED) is 0.734. The molecule has 0 saturated carbocycles. The van der Waals surface area contributed by atoms with Crippen molar-refractivity contribution in [2.24, 2.45) is 0 Å². The number of hydrogen-bond acceptors (Lipinski definition) is 6. The van der Waals surface area contributed by atoms with Crippen molar-refractivity contribution in [3.05, 3.63) is 53.1 Å². The first-order chi connectivity index (χ1) is 12.6. The number of amides is 1. The largest absolute Gasteiger partial charge is 0.497 e. The molecule has 144 valence electrons. The van der Waals surface area contributed by atoms with Crippen molar-refractivity contribution in [2.45, 2.75) is 17.9 Å². The number of sulfone groups is 1.